The third-order valence-electron chi connectivity index (χ3n) is 2.09. The van der Waals surface area contributed by atoms with Gasteiger partial charge in [0.1, 0.15) is 11.9 Å². The lowest BCUT2D eigenvalue weighted by Gasteiger charge is -2.14. The summed E-state index contributed by atoms with van der Waals surface area (Å²) >= 11 is 0. The number of carboxylic acid groups (broad SMARTS) is 1. The van der Waals surface area contributed by atoms with Crippen molar-refractivity contribution in [1.82, 2.24) is 0 Å². The minimum atomic E-state index is -1.90. The van der Waals surface area contributed by atoms with Gasteiger partial charge in [-0.3, -0.25) is 5.41 Å². The molecule has 0 fully saturated rings. The van der Waals surface area contributed by atoms with E-state index in [1.54, 1.807) is 6.07 Å². The molecule has 0 radical (unpaired) electrons. The van der Waals surface area contributed by atoms with E-state index >= 15 is 0 Å². The van der Waals surface area contributed by atoms with Gasteiger partial charge < -0.3 is 21.1 Å². The first-order valence-electron chi connectivity index (χ1n) is 4.46. The number of aliphatic hydroxyl groups is 2. The largest absolute Gasteiger partial charge is 0.479 e. The molecule has 0 aromatic heterocycles. The number of benzene rings is 1. The smallest absolute Gasteiger partial charge is 0.335 e. The van der Waals surface area contributed by atoms with E-state index in [0.29, 0.717) is 5.56 Å². The number of nitrogen functional groups attached to an aromatic ring is 1. The van der Waals surface area contributed by atoms with Gasteiger partial charge in [-0.25, -0.2) is 4.79 Å². The number of carboxylic acids is 1. The van der Waals surface area contributed by atoms with Gasteiger partial charge in [-0.2, -0.15) is 0 Å². The van der Waals surface area contributed by atoms with Crippen molar-refractivity contribution in [2.45, 2.75) is 12.2 Å². The van der Waals surface area contributed by atoms with Gasteiger partial charge in [-0.15, -0.1) is 0 Å². The summed E-state index contributed by atoms with van der Waals surface area (Å²) in [5, 5.41) is 34.4. The highest BCUT2D eigenvalue weighted by Crippen LogP contribution is 2.18. The van der Waals surface area contributed by atoms with Gasteiger partial charge in [0, 0.05) is 5.56 Å². The van der Waals surface area contributed by atoms with Gasteiger partial charge in [0.05, 0.1) is 0 Å². The zero-order valence-electron chi connectivity index (χ0n) is 8.29. The fraction of sp³-hybridized carbons (Fsp3) is 0.200. The minimum absolute atomic E-state index is 0.195. The summed E-state index contributed by atoms with van der Waals surface area (Å²) in [6.07, 6.45) is -3.45. The number of carbonyl (C=O) groups is 1. The van der Waals surface area contributed by atoms with Crippen LogP contribution in [0, 0.1) is 5.41 Å². The van der Waals surface area contributed by atoms with Crippen LogP contribution in [0.15, 0.2) is 24.3 Å². The average Bonchev–Trinajstić information content (AvgIpc) is 2.27. The minimum Gasteiger partial charge on any atom is -0.479 e. The van der Waals surface area contributed by atoms with Crippen molar-refractivity contribution >= 4 is 11.8 Å². The van der Waals surface area contributed by atoms with Gasteiger partial charge in [-0.1, -0.05) is 18.2 Å². The molecule has 1 rings (SSSR count). The molecule has 16 heavy (non-hydrogen) atoms. The first kappa shape index (κ1) is 12.2. The second-order valence-electron chi connectivity index (χ2n) is 3.27. The number of nitrogens with one attached hydrogen (secondary N) is 1. The van der Waals surface area contributed by atoms with Crippen LogP contribution in [0.3, 0.4) is 0 Å². The zero-order valence-corrected chi connectivity index (χ0v) is 8.29. The lowest BCUT2D eigenvalue weighted by atomic mass is 10.0. The normalized spacial score (nSPS) is 14.1. The van der Waals surface area contributed by atoms with Gasteiger partial charge in [0.15, 0.2) is 6.10 Å². The predicted octanol–water partition coefficient (Wildman–Crippen LogP) is -0.550. The van der Waals surface area contributed by atoms with Crippen molar-refractivity contribution < 1.29 is 20.1 Å². The Morgan fingerprint density at radius 3 is 2.50 bits per heavy atom. The Morgan fingerprint density at radius 1 is 1.38 bits per heavy atom. The molecule has 1 aromatic rings. The highest BCUT2D eigenvalue weighted by Gasteiger charge is 2.25. The van der Waals surface area contributed by atoms with E-state index in [9.17, 15) is 9.90 Å². The van der Waals surface area contributed by atoms with E-state index in [4.69, 9.17) is 21.4 Å². The summed E-state index contributed by atoms with van der Waals surface area (Å²) in [6.45, 7) is 0. The van der Waals surface area contributed by atoms with Crippen molar-refractivity contribution in [2.24, 2.45) is 5.73 Å². The second-order valence-corrected chi connectivity index (χ2v) is 3.27. The van der Waals surface area contributed by atoms with E-state index in [1.807, 2.05) is 0 Å². The van der Waals surface area contributed by atoms with Crippen LogP contribution < -0.4 is 5.73 Å². The van der Waals surface area contributed by atoms with Crippen molar-refractivity contribution in [3.8, 4) is 0 Å². The lowest BCUT2D eigenvalue weighted by molar-refractivity contribution is -0.153. The van der Waals surface area contributed by atoms with Crippen LogP contribution in [0.5, 0.6) is 0 Å². The van der Waals surface area contributed by atoms with E-state index in [-0.39, 0.29) is 11.4 Å². The average molecular weight is 224 g/mol. The van der Waals surface area contributed by atoms with Crippen LogP contribution >= 0.6 is 0 Å². The molecular formula is C10H12N2O4. The maximum Gasteiger partial charge on any atom is 0.335 e. The van der Waals surface area contributed by atoms with Crippen LogP contribution in [0.4, 0.5) is 0 Å². The molecule has 0 spiro atoms. The Hall–Kier alpha value is -1.92. The van der Waals surface area contributed by atoms with Crippen LogP contribution in [-0.4, -0.2) is 33.2 Å². The number of hydrogen-bond acceptors (Lipinski definition) is 4. The number of hydrogen-bond donors (Lipinski definition) is 5. The summed E-state index contributed by atoms with van der Waals surface area (Å²) in [5.41, 5.74) is 5.79. The Kier molecular flexibility index (Phi) is 3.60. The number of amidine groups is 1. The SMILES string of the molecule is N=C(N)c1cccc(C(O)C(O)C(=O)O)c1. The van der Waals surface area contributed by atoms with Crippen LogP contribution in [0.25, 0.3) is 0 Å². The quantitative estimate of drug-likeness (QED) is 0.346. The molecule has 0 bridgehead atoms. The van der Waals surface area contributed by atoms with Gasteiger partial charge in [-0.05, 0) is 11.6 Å². The van der Waals surface area contributed by atoms with Crippen molar-refractivity contribution in [1.29, 1.82) is 5.41 Å². The van der Waals surface area contributed by atoms with Crippen LogP contribution in [0.1, 0.15) is 17.2 Å². The molecule has 0 heterocycles. The predicted molar refractivity (Wildman–Crippen MR) is 56.1 cm³/mol. The Labute approximate surface area is 91.5 Å². The maximum atomic E-state index is 10.5. The van der Waals surface area contributed by atoms with Gasteiger partial charge in [0.25, 0.3) is 0 Å². The Bertz CT molecular complexity index is 419. The zero-order chi connectivity index (χ0) is 12.3. The van der Waals surface area contributed by atoms with Crippen molar-refractivity contribution in [3.63, 3.8) is 0 Å². The maximum absolute atomic E-state index is 10.5. The lowest BCUT2D eigenvalue weighted by Crippen LogP contribution is -2.27. The fourth-order valence-corrected chi connectivity index (χ4v) is 1.21. The molecule has 0 aliphatic carbocycles. The third kappa shape index (κ3) is 2.56. The van der Waals surface area contributed by atoms with Crippen LogP contribution in [0.2, 0.25) is 0 Å². The van der Waals surface area contributed by atoms with E-state index < -0.39 is 18.2 Å². The Balaban J connectivity index is 3.00. The monoisotopic (exact) mass is 224 g/mol. The van der Waals surface area contributed by atoms with Crippen molar-refractivity contribution in [3.05, 3.63) is 35.4 Å². The molecule has 1 aromatic carbocycles. The molecule has 6 nitrogen and oxygen atoms in total. The summed E-state index contributed by atoms with van der Waals surface area (Å²) in [7, 11) is 0. The summed E-state index contributed by atoms with van der Waals surface area (Å²) in [6, 6.07) is 5.87. The van der Waals surface area contributed by atoms with E-state index in [0.717, 1.165) is 0 Å². The second kappa shape index (κ2) is 4.73. The molecule has 0 saturated heterocycles. The van der Waals surface area contributed by atoms with Gasteiger partial charge in [0.2, 0.25) is 0 Å². The number of aliphatic carboxylic acids is 1. The van der Waals surface area contributed by atoms with E-state index in [1.165, 1.54) is 18.2 Å². The fourth-order valence-electron chi connectivity index (χ4n) is 1.21. The van der Waals surface area contributed by atoms with E-state index in [2.05, 4.69) is 0 Å². The molecule has 6 heteroatoms. The molecule has 0 aliphatic rings. The molecule has 0 amide bonds. The first-order valence-corrected chi connectivity index (χ1v) is 4.46. The van der Waals surface area contributed by atoms with Gasteiger partial charge >= 0.3 is 5.97 Å². The molecule has 0 saturated carbocycles. The number of nitrogens with two attached hydrogens (primary N) is 1. The third-order valence-corrected chi connectivity index (χ3v) is 2.09. The van der Waals surface area contributed by atoms with Crippen molar-refractivity contribution in [2.75, 3.05) is 0 Å². The molecular weight excluding hydrogens is 212 g/mol. The first-order chi connectivity index (χ1) is 7.43. The Morgan fingerprint density at radius 2 is 2.00 bits per heavy atom. The highest BCUT2D eigenvalue weighted by molar-refractivity contribution is 5.95. The highest BCUT2D eigenvalue weighted by atomic mass is 16.4. The number of aliphatic hydroxyl groups excluding tert-OH is 2. The molecule has 2 atom stereocenters. The topological polar surface area (TPSA) is 128 Å². The molecule has 0 aliphatic heterocycles. The standard InChI is InChI=1S/C10H12N2O4/c11-9(12)6-3-1-2-5(4-6)7(13)8(14)10(15)16/h1-4,7-8,13-14H,(H3,11,12)(H,15,16). The number of rotatable bonds is 4. The summed E-state index contributed by atoms with van der Waals surface area (Å²) in [4.78, 5) is 10.5. The molecule has 6 N–H and O–H groups in total. The molecule has 2 unspecified atom stereocenters. The summed E-state index contributed by atoms with van der Waals surface area (Å²) in [5.74, 6) is -1.71. The summed E-state index contributed by atoms with van der Waals surface area (Å²) < 4.78 is 0. The molecule has 86 valence electrons. The van der Waals surface area contributed by atoms with Crippen LogP contribution in [-0.2, 0) is 4.79 Å².